The van der Waals surface area contributed by atoms with Crippen molar-refractivity contribution in [3.63, 3.8) is 0 Å². The molecule has 0 atom stereocenters. The zero-order valence-corrected chi connectivity index (χ0v) is 12.0. The molecule has 0 unspecified atom stereocenters. The molecule has 0 saturated heterocycles. The maximum Gasteiger partial charge on any atom is 0.254 e. The second-order valence-corrected chi connectivity index (χ2v) is 5.01. The summed E-state index contributed by atoms with van der Waals surface area (Å²) in [5.74, 6) is 2.15. The van der Waals surface area contributed by atoms with Gasteiger partial charge in [0.05, 0.1) is 0 Å². The fourth-order valence-corrected chi connectivity index (χ4v) is 2.24. The van der Waals surface area contributed by atoms with Crippen LogP contribution in [0, 0.1) is 13.8 Å². The van der Waals surface area contributed by atoms with Crippen molar-refractivity contribution >= 4 is 23.2 Å². The third kappa shape index (κ3) is 2.44. The van der Waals surface area contributed by atoms with Gasteiger partial charge in [-0.1, -0.05) is 29.8 Å². The molecule has 0 spiro atoms. The molecule has 0 aliphatic heterocycles. The number of aromatic nitrogens is 4. The lowest BCUT2D eigenvalue weighted by atomic mass is 10.2. The van der Waals surface area contributed by atoms with Crippen molar-refractivity contribution in [2.24, 2.45) is 0 Å². The number of halogens is 1. The van der Waals surface area contributed by atoms with Crippen LogP contribution in [0.5, 0.6) is 0 Å². The van der Waals surface area contributed by atoms with Gasteiger partial charge in [0.2, 0.25) is 0 Å². The Bertz CT molecular complexity index is 765. The third-order valence-electron chi connectivity index (χ3n) is 2.96. The number of rotatable bonds is 3. The van der Waals surface area contributed by atoms with Crippen LogP contribution >= 0.6 is 11.6 Å². The van der Waals surface area contributed by atoms with E-state index in [0.717, 1.165) is 22.1 Å². The predicted molar refractivity (Wildman–Crippen MR) is 79.0 cm³/mol. The molecule has 2 heterocycles. The summed E-state index contributed by atoms with van der Waals surface area (Å²) in [4.78, 5) is 8.63. The third-order valence-corrected chi connectivity index (χ3v) is 3.33. The average Bonchev–Trinajstić information content (AvgIpc) is 2.77. The fourth-order valence-electron chi connectivity index (χ4n) is 2.04. The lowest BCUT2D eigenvalue weighted by molar-refractivity contribution is 0.900. The summed E-state index contributed by atoms with van der Waals surface area (Å²) in [6.45, 7) is 4.41. The Balaban J connectivity index is 1.93. The molecule has 3 aromatic rings. The van der Waals surface area contributed by atoms with E-state index in [9.17, 15) is 0 Å². The zero-order valence-electron chi connectivity index (χ0n) is 11.3. The molecule has 20 heavy (non-hydrogen) atoms. The molecule has 5 nitrogen and oxygen atoms in total. The van der Waals surface area contributed by atoms with Gasteiger partial charge >= 0.3 is 0 Å². The molecule has 0 aliphatic rings. The van der Waals surface area contributed by atoms with Gasteiger partial charge in [-0.3, -0.25) is 0 Å². The average molecular weight is 288 g/mol. The number of benzene rings is 1. The summed E-state index contributed by atoms with van der Waals surface area (Å²) in [6, 6.07) is 9.70. The topological polar surface area (TPSA) is 55.1 Å². The first kappa shape index (κ1) is 12.9. The smallest absolute Gasteiger partial charge is 0.254 e. The summed E-state index contributed by atoms with van der Waals surface area (Å²) in [7, 11) is 0. The molecule has 0 amide bonds. The maximum atomic E-state index is 6.16. The lowest BCUT2D eigenvalue weighted by Gasteiger charge is -2.09. The normalized spacial score (nSPS) is 10.9. The second-order valence-electron chi connectivity index (χ2n) is 4.60. The molecule has 0 fully saturated rings. The Morgan fingerprint density at radius 1 is 1.20 bits per heavy atom. The number of anilines is 1. The van der Waals surface area contributed by atoms with Crippen LogP contribution in [-0.2, 0) is 6.54 Å². The highest BCUT2D eigenvalue weighted by atomic mass is 35.5. The van der Waals surface area contributed by atoms with Gasteiger partial charge in [0.1, 0.15) is 11.6 Å². The van der Waals surface area contributed by atoms with Gasteiger partial charge in [0.15, 0.2) is 0 Å². The number of fused-ring (bicyclic) bond motifs is 1. The molecule has 3 rings (SSSR count). The van der Waals surface area contributed by atoms with E-state index in [1.165, 1.54) is 0 Å². The van der Waals surface area contributed by atoms with Gasteiger partial charge in [-0.25, -0.2) is 4.98 Å². The van der Waals surface area contributed by atoms with Crippen LogP contribution < -0.4 is 5.32 Å². The van der Waals surface area contributed by atoms with Crippen LogP contribution in [-0.4, -0.2) is 19.6 Å². The quantitative estimate of drug-likeness (QED) is 0.804. The molecule has 0 bridgehead atoms. The fraction of sp³-hybridized carbons (Fsp3) is 0.214. The van der Waals surface area contributed by atoms with Crippen LogP contribution in [0.15, 0.2) is 30.3 Å². The summed E-state index contributed by atoms with van der Waals surface area (Å²) in [5, 5.41) is 8.42. The summed E-state index contributed by atoms with van der Waals surface area (Å²) >= 11 is 6.16. The summed E-state index contributed by atoms with van der Waals surface area (Å²) < 4.78 is 1.71. The standard InChI is InChI=1S/C14H14ClN5/c1-9-7-13(20-14(17-9)18-10(2)19-20)16-8-11-5-3-4-6-12(11)15/h3-7,16H,8H2,1-2H3. The first-order valence-corrected chi connectivity index (χ1v) is 6.69. The van der Waals surface area contributed by atoms with E-state index in [1.54, 1.807) is 4.52 Å². The Labute approximate surface area is 121 Å². The summed E-state index contributed by atoms with van der Waals surface area (Å²) in [6.07, 6.45) is 0. The summed E-state index contributed by atoms with van der Waals surface area (Å²) in [5.41, 5.74) is 1.93. The van der Waals surface area contributed by atoms with Crippen molar-refractivity contribution in [3.8, 4) is 0 Å². The maximum absolute atomic E-state index is 6.16. The van der Waals surface area contributed by atoms with E-state index >= 15 is 0 Å². The van der Waals surface area contributed by atoms with Gasteiger partial charge in [-0.05, 0) is 25.5 Å². The van der Waals surface area contributed by atoms with E-state index in [4.69, 9.17) is 11.6 Å². The molecule has 2 aromatic heterocycles. The molecule has 0 radical (unpaired) electrons. The molecule has 0 saturated carbocycles. The Kier molecular flexibility index (Phi) is 3.28. The highest BCUT2D eigenvalue weighted by Crippen LogP contribution is 2.17. The molecule has 1 aromatic carbocycles. The van der Waals surface area contributed by atoms with Gasteiger partial charge in [0.25, 0.3) is 5.78 Å². The Morgan fingerprint density at radius 3 is 2.80 bits per heavy atom. The number of aryl methyl sites for hydroxylation is 2. The van der Waals surface area contributed by atoms with Crippen LogP contribution in [0.1, 0.15) is 17.1 Å². The Morgan fingerprint density at radius 2 is 2.00 bits per heavy atom. The SMILES string of the molecule is Cc1cc(NCc2ccccc2Cl)n2nc(C)nc2n1. The van der Waals surface area contributed by atoms with Crippen molar-refractivity contribution in [3.05, 3.63) is 52.4 Å². The van der Waals surface area contributed by atoms with E-state index < -0.39 is 0 Å². The molecular weight excluding hydrogens is 274 g/mol. The number of hydrogen-bond donors (Lipinski definition) is 1. The molecular formula is C14H14ClN5. The molecule has 1 N–H and O–H groups in total. The lowest BCUT2D eigenvalue weighted by Crippen LogP contribution is -2.07. The minimum atomic E-state index is 0.601. The molecule has 0 aliphatic carbocycles. The monoisotopic (exact) mass is 287 g/mol. The van der Waals surface area contributed by atoms with Gasteiger partial charge < -0.3 is 5.32 Å². The van der Waals surface area contributed by atoms with Crippen molar-refractivity contribution in [2.75, 3.05) is 5.32 Å². The van der Waals surface area contributed by atoms with Crippen molar-refractivity contribution < 1.29 is 0 Å². The van der Waals surface area contributed by atoms with E-state index in [0.29, 0.717) is 18.1 Å². The second kappa shape index (κ2) is 5.09. The first-order chi connectivity index (χ1) is 9.63. The van der Waals surface area contributed by atoms with Crippen LogP contribution in [0.4, 0.5) is 5.82 Å². The van der Waals surface area contributed by atoms with Crippen LogP contribution in [0.3, 0.4) is 0 Å². The largest absolute Gasteiger partial charge is 0.366 e. The minimum Gasteiger partial charge on any atom is -0.366 e. The first-order valence-electron chi connectivity index (χ1n) is 6.32. The minimum absolute atomic E-state index is 0.601. The molecule has 6 heteroatoms. The van der Waals surface area contributed by atoms with Crippen LogP contribution in [0.25, 0.3) is 5.78 Å². The van der Waals surface area contributed by atoms with Gasteiger partial charge in [-0.2, -0.15) is 9.50 Å². The highest BCUT2D eigenvalue weighted by Gasteiger charge is 2.08. The molecule has 102 valence electrons. The van der Waals surface area contributed by atoms with Crippen LogP contribution in [0.2, 0.25) is 5.02 Å². The zero-order chi connectivity index (χ0) is 14.1. The van der Waals surface area contributed by atoms with E-state index in [1.807, 2.05) is 44.2 Å². The van der Waals surface area contributed by atoms with E-state index in [-0.39, 0.29) is 0 Å². The Hall–Kier alpha value is -2.14. The van der Waals surface area contributed by atoms with Gasteiger partial charge in [-0.15, -0.1) is 5.10 Å². The predicted octanol–water partition coefficient (Wildman–Crippen LogP) is 3.01. The van der Waals surface area contributed by atoms with Crippen molar-refractivity contribution in [2.45, 2.75) is 20.4 Å². The highest BCUT2D eigenvalue weighted by molar-refractivity contribution is 6.31. The number of hydrogen-bond acceptors (Lipinski definition) is 4. The van der Waals surface area contributed by atoms with Gasteiger partial charge in [0, 0.05) is 23.3 Å². The number of nitrogens with zero attached hydrogens (tertiary/aromatic N) is 4. The van der Waals surface area contributed by atoms with E-state index in [2.05, 4.69) is 20.4 Å². The van der Waals surface area contributed by atoms with Crippen molar-refractivity contribution in [1.82, 2.24) is 19.6 Å². The number of nitrogens with one attached hydrogen (secondary N) is 1. The van der Waals surface area contributed by atoms with Crippen molar-refractivity contribution in [1.29, 1.82) is 0 Å².